The molecule has 3 rings (SSSR count). The van der Waals surface area contributed by atoms with Crippen molar-refractivity contribution >= 4 is 5.97 Å². The molecule has 5 nitrogen and oxygen atoms in total. The zero-order chi connectivity index (χ0) is 16.1. The van der Waals surface area contributed by atoms with Crippen molar-refractivity contribution in [3.8, 4) is 0 Å². The molecule has 1 unspecified atom stereocenters. The monoisotopic (exact) mass is 311 g/mol. The van der Waals surface area contributed by atoms with Gasteiger partial charge in [-0.05, 0) is 17.2 Å². The van der Waals surface area contributed by atoms with Gasteiger partial charge in [0.05, 0.1) is 0 Å². The first-order chi connectivity index (χ1) is 11.2. The number of piperazine rings is 1. The van der Waals surface area contributed by atoms with Crippen molar-refractivity contribution in [2.24, 2.45) is 0 Å². The van der Waals surface area contributed by atoms with E-state index in [1.807, 2.05) is 42.6 Å². The third-order valence-electron chi connectivity index (χ3n) is 4.25. The lowest BCUT2D eigenvalue weighted by Gasteiger charge is -2.37. The predicted molar refractivity (Wildman–Crippen MR) is 87.9 cm³/mol. The summed E-state index contributed by atoms with van der Waals surface area (Å²) < 4.78 is 0. The molecule has 1 aromatic carbocycles. The van der Waals surface area contributed by atoms with E-state index in [0.717, 1.165) is 38.3 Å². The summed E-state index contributed by atoms with van der Waals surface area (Å²) in [5, 5.41) is 9.62. The van der Waals surface area contributed by atoms with E-state index >= 15 is 0 Å². The van der Waals surface area contributed by atoms with Crippen molar-refractivity contribution in [1.29, 1.82) is 0 Å². The molecule has 120 valence electrons. The van der Waals surface area contributed by atoms with E-state index in [4.69, 9.17) is 0 Å². The van der Waals surface area contributed by atoms with E-state index in [2.05, 4.69) is 20.9 Å². The van der Waals surface area contributed by atoms with Crippen LogP contribution >= 0.6 is 0 Å². The van der Waals surface area contributed by atoms with Gasteiger partial charge in [0.15, 0.2) is 0 Å². The molecule has 1 aliphatic heterocycles. The van der Waals surface area contributed by atoms with Crippen LogP contribution in [-0.2, 0) is 11.3 Å². The van der Waals surface area contributed by atoms with Crippen molar-refractivity contribution in [3.05, 3.63) is 66.0 Å². The van der Waals surface area contributed by atoms with E-state index in [1.54, 1.807) is 6.20 Å². The number of aromatic nitrogens is 1. The Kier molecular flexibility index (Phi) is 5.00. The van der Waals surface area contributed by atoms with Gasteiger partial charge in [-0.1, -0.05) is 36.4 Å². The highest BCUT2D eigenvalue weighted by molar-refractivity contribution is 5.75. The van der Waals surface area contributed by atoms with Gasteiger partial charge < -0.3 is 5.11 Å². The smallest absolute Gasteiger partial charge is 0.325 e. The Morgan fingerprint density at radius 2 is 1.83 bits per heavy atom. The zero-order valence-electron chi connectivity index (χ0n) is 13.0. The SMILES string of the molecule is O=C(O)C(c1ccccc1)N1CCN(Cc2cccnc2)CC1. The average Bonchev–Trinajstić information content (AvgIpc) is 2.58. The van der Waals surface area contributed by atoms with Crippen molar-refractivity contribution in [2.75, 3.05) is 26.2 Å². The fraction of sp³-hybridized carbons (Fsp3) is 0.333. The second-order valence-electron chi connectivity index (χ2n) is 5.82. The molecule has 1 atom stereocenters. The van der Waals surface area contributed by atoms with E-state index in [9.17, 15) is 9.90 Å². The van der Waals surface area contributed by atoms with E-state index in [0.29, 0.717) is 0 Å². The zero-order valence-corrected chi connectivity index (χ0v) is 13.0. The molecule has 0 radical (unpaired) electrons. The summed E-state index contributed by atoms with van der Waals surface area (Å²) in [6, 6.07) is 12.9. The van der Waals surface area contributed by atoms with Gasteiger partial charge in [0.2, 0.25) is 0 Å². The van der Waals surface area contributed by atoms with Crippen LogP contribution in [0.1, 0.15) is 17.2 Å². The summed E-state index contributed by atoms with van der Waals surface area (Å²) in [5.74, 6) is -0.781. The Morgan fingerprint density at radius 1 is 1.09 bits per heavy atom. The van der Waals surface area contributed by atoms with Crippen molar-refractivity contribution in [3.63, 3.8) is 0 Å². The number of carboxylic acid groups (broad SMARTS) is 1. The lowest BCUT2D eigenvalue weighted by molar-refractivity contribution is -0.144. The first-order valence-electron chi connectivity index (χ1n) is 7.87. The lowest BCUT2D eigenvalue weighted by atomic mass is 10.0. The topological polar surface area (TPSA) is 56.7 Å². The van der Waals surface area contributed by atoms with Crippen LogP contribution < -0.4 is 0 Å². The first-order valence-corrected chi connectivity index (χ1v) is 7.87. The van der Waals surface area contributed by atoms with E-state index < -0.39 is 12.0 Å². The minimum Gasteiger partial charge on any atom is -0.480 e. The van der Waals surface area contributed by atoms with Gasteiger partial charge in [-0.3, -0.25) is 19.6 Å². The molecule has 2 heterocycles. The Hall–Kier alpha value is -2.24. The van der Waals surface area contributed by atoms with Gasteiger partial charge in [0, 0.05) is 45.1 Å². The summed E-state index contributed by atoms with van der Waals surface area (Å²) in [7, 11) is 0. The minimum atomic E-state index is -0.781. The molecule has 2 aromatic rings. The maximum Gasteiger partial charge on any atom is 0.325 e. The third-order valence-corrected chi connectivity index (χ3v) is 4.25. The first kappa shape index (κ1) is 15.6. The summed E-state index contributed by atoms with van der Waals surface area (Å²) in [6.07, 6.45) is 3.66. The number of carbonyl (C=O) groups is 1. The molecule has 23 heavy (non-hydrogen) atoms. The van der Waals surface area contributed by atoms with Gasteiger partial charge in [-0.15, -0.1) is 0 Å². The molecule has 1 N–H and O–H groups in total. The number of hydrogen-bond donors (Lipinski definition) is 1. The maximum absolute atomic E-state index is 11.7. The highest BCUT2D eigenvalue weighted by atomic mass is 16.4. The van der Waals surface area contributed by atoms with Gasteiger partial charge >= 0.3 is 5.97 Å². The van der Waals surface area contributed by atoms with Crippen molar-refractivity contribution in [1.82, 2.24) is 14.8 Å². The highest BCUT2D eigenvalue weighted by Gasteiger charge is 2.30. The van der Waals surface area contributed by atoms with Crippen LogP contribution in [0.5, 0.6) is 0 Å². The molecule has 5 heteroatoms. The second-order valence-corrected chi connectivity index (χ2v) is 5.82. The number of benzene rings is 1. The molecule has 0 spiro atoms. The summed E-state index contributed by atoms with van der Waals surface area (Å²) >= 11 is 0. The van der Waals surface area contributed by atoms with Crippen LogP contribution in [-0.4, -0.2) is 52.0 Å². The Morgan fingerprint density at radius 3 is 2.43 bits per heavy atom. The number of pyridine rings is 1. The maximum atomic E-state index is 11.7. The molecule has 0 amide bonds. The molecule has 0 aliphatic carbocycles. The number of carboxylic acids is 1. The van der Waals surface area contributed by atoms with Crippen LogP contribution in [0.3, 0.4) is 0 Å². The van der Waals surface area contributed by atoms with Gasteiger partial charge in [0.25, 0.3) is 0 Å². The van der Waals surface area contributed by atoms with E-state index in [-0.39, 0.29) is 0 Å². The normalized spacial score (nSPS) is 17.7. The number of rotatable bonds is 5. The second kappa shape index (κ2) is 7.35. The molecule has 1 saturated heterocycles. The Balaban J connectivity index is 1.62. The lowest BCUT2D eigenvalue weighted by Crippen LogP contribution is -2.48. The summed E-state index contributed by atoms with van der Waals surface area (Å²) in [4.78, 5) is 20.2. The Bertz CT molecular complexity index is 625. The molecular formula is C18H21N3O2. The van der Waals surface area contributed by atoms with Crippen LogP contribution in [0.4, 0.5) is 0 Å². The van der Waals surface area contributed by atoms with Crippen molar-refractivity contribution < 1.29 is 9.90 Å². The fourth-order valence-corrected chi connectivity index (χ4v) is 3.07. The molecule has 1 aromatic heterocycles. The van der Waals surface area contributed by atoms with Crippen LogP contribution in [0.15, 0.2) is 54.9 Å². The molecular weight excluding hydrogens is 290 g/mol. The average molecular weight is 311 g/mol. The van der Waals surface area contributed by atoms with Gasteiger partial charge in [-0.2, -0.15) is 0 Å². The quantitative estimate of drug-likeness (QED) is 0.915. The molecule has 1 aliphatic rings. The summed E-state index contributed by atoms with van der Waals surface area (Å²) in [6.45, 7) is 4.11. The Labute approximate surface area is 136 Å². The van der Waals surface area contributed by atoms with Crippen LogP contribution in [0, 0.1) is 0 Å². The largest absolute Gasteiger partial charge is 0.480 e. The van der Waals surface area contributed by atoms with Crippen LogP contribution in [0.2, 0.25) is 0 Å². The third kappa shape index (κ3) is 3.94. The number of aliphatic carboxylic acids is 1. The summed E-state index contributed by atoms with van der Waals surface area (Å²) in [5.41, 5.74) is 2.04. The minimum absolute atomic E-state index is 0.559. The van der Waals surface area contributed by atoms with Crippen LogP contribution in [0.25, 0.3) is 0 Å². The number of nitrogens with zero attached hydrogens (tertiary/aromatic N) is 3. The number of hydrogen-bond acceptors (Lipinski definition) is 4. The van der Waals surface area contributed by atoms with Gasteiger partial charge in [0.1, 0.15) is 6.04 Å². The molecule has 1 fully saturated rings. The standard InChI is InChI=1S/C18H21N3O2/c22-18(23)17(16-6-2-1-3-7-16)21-11-9-20(10-12-21)14-15-5-4-8-19-13-15/h1-8,13,17H,9-12,14H2,(H,22,23). The van der Waals surface area contributed by atoms with Crippen molar-refractivity contribution in [2.45, 2.75) is 12.6 Å². The molecule has 0 saturated carbocycles. The molecule has 0 bridgehead atoms. The van der Waals surface area contributed by atoms with Gasteiger partial charge in [-0.25, -0.2) is 0 Å². The fourth-order valence-electron chi connectivity index (χ4n) is 3.07. The van der Waals surface area contributed by atoms with E-state index in [1.165, 1.54) is 5.56 Å². The predicted octanol–water partition coefficient (Wildman–Crippen LogP) is 2.03. The highest BCUT2D eigenvalue weighted by Crippen LogP contribution is 2.22.